The van der Waals surface area contributed by atoms with E-state index in [0.29, 0.717) is 5.69 Å². The lowest BCUT2D eigenvalue weighted by atomic mass is 9.88. The topological polar surface area (TPSA) is 130 Å². The summed E-state index contributed by atoms with van der Waals surface area (Å²) >= 11 is 0. The lowest BCUT2D eigenvalue weighted by Crippen LogP contribution is -2.59. The molecular weight excluding hydrogens is 488 g/mol. The largest absolute Gasteiger partial charge is 0.490 e. The van der Waals surface area contributed by atoms with Gasteiger partial charge in [-0.3, -0.25) is 9.36 Å². The zero-order chi connectivity index (χ0) is 26.1. The van der Waals surface area contributed by atoms with Crippen molar-refractivity contribution < 1.29 is 32.3 Å². The van der Waals surface area contributed by atoms with Crippen molar-refractivity contribution in [2.45, 2.75) is 24.2 Å². The van der Waals surface area contributed by atoms with Crippen LogP contribution in [0, 0.1) is 5.82 Å². The van der Waals surface area contributed by atoms with Gasteiger partial charge in [0.25, 0.3) is 5.56 Å². The standard InChI is InChI=1S/C20H19FN6O2.C2HF3O2/c21-14-9-13(26-7-2-1-3-17(26)28)4-5-15(14)24-19(29)25-16-10-20(11-22-12-20)27-8-6-23-18(16)27;3-2(4,5)1(6)7/h1-9,16,22H,10-12H2,(H2,24,25,29);(H,6,7). The molecule has 0 saturated carbocycles. The van der Waals surface area contributed by atoms with Crippen LogP contribution in [0.2, 0.25) is 0 Å². The summed E-state index contributed by atoms with van der Waals surface area (Å²) in [7, 11) is 0. The van der Waals surface area contributed by atoms with E-state index < -0.39 is 24.0 Å². The number of pyridine rings is 1. The van der Waals surface area contributed by atoms with Crippen molar-refractivity contribution in [1.82, 2.24) is 24.8 Å². The number of halogens is 4. The van der Waals surface area contributed by atoms with Crippen LogP contribution in [0.3, 0.4) is 0 Å². The van der Waals surface area contributed by atoms with Crippen molar-refractivity contribution in [2.24, 2.45) is 0 Å². The number of urea groups is 1. The molecule has 2 amide bonds. The number of carboxylic acid groups (broad SMARTS) is 1. The van der Waals surface area contributed by atoms with Crippen molar-refractivity contribution in [3.8, 4) is 5.69 Å². The molecule has 4 N–H and O–H groups in total. The lowest BCUT2D eigenvalue weighted by molar-refractivity contribution is -0.192. The lowest BCUT2D eigenvalue weighted by Gasteiger charge is -2.40. The molecule has 0 aliphatic carbocycles. The third-order valence-corrected chi connectivity index (χ3v) is 5.83. The molecule has 2 aliphatic heterocycles. The molecule has 2 aliphatic rings. The van der Waals surface area contributed by atoms with Crippen molar-refractivity contribution in [2.75, 3.05) is 18.4 Å². The predicted molar refractivity (Wildman–Crippen MR) is 118 cm³/mol. The number of aromatic nitrogens is 3. The molecule has 5 rings (SSSR count). The summed E-state index contributed by atoms with van der Waals surface area (Å²) in [4.78, 5) is 37.6. The highest BCUT2D eigenvalue weighted by molar-refractivity contribution is 5.89. The maximum atomic E-state index is 14.5. The minimum atomic E-state index is -5.08. The fraction of sp³-hybridized carbons (Fsp3) is 0.273. The normalized spacial score (nSPS) is 17.4. The predicted octanol–water partition coefficient (Wildman–Crippen LogP) is 2.37. The summed E-state index contributed by atoms with van der Waals surface area (Å²) in [5.41, 5.74) is 0.119. The van der Waals surface area contributed by atoms with Gasteiger partial charge in [-0.1, -0.05) is 6.07 Å². The van der Waals surface area contributed by atoms with Crippen LogP contribution in [-0.2, 0) is 10.3 Å². The van der Waals surface area contributed by atoms with Crippen LogP contribution in [0.5, 0.6) is 0 Å². The van der Waals surface area contributed by atoms with Gasteiger partial charge < -0.3 is 25.6 Å². The average molecular weight is 508 g/mol. The van der Waals surface area contributed by atoms with Gasteiger partial charge in [0, 0.05) is 50.2 Å². The van der Waals surface area contributed by atoms with E-state index in [1.807, 2.05) is 6.20 Å². The van der Waals surface area contributed by atoms with Crippen molar-refractivity contribution in [1.29, 1.82) is 0 Å². The average Bonchev–Trinajstić information content (AvgIpc) is 3.37. The fourth-order valence-corrected chi connectivity index (χ4v) is 4.10. The molecule has 1 unspecified atom stereocenters. The number of amides is 2. The zero-order valence-electron chi connectivity index (χ0n) is 18.4. The number of alkyl halides is 3. The molecule has 1 saturated heterocycles. The van der Waals surface area contributed by atoms with E-state index in [9.17, 15) is 27.2 Å². The molecule has 1 spiro atoms. The third-order valence-electron chi connectivity index (χ3n) is 5.83. The summed E-state index contributed by atoms with van der Waals surface area (Å²) in [5.74, 6) is -2.57. The van der Waals surface area contributed by atoms with E-state index in [4.69, 9.17) is 9.90 Å². The Balaban J connectivity index is 0.000000384. The summed E-state index contributed by atoms with van der Waals surface area (Å²) in [5, 5.41) is 15.8. The van der Waals surface area contributed by atoms with E-state index >= 15 is 0 Å². The summed E-state index contributed by atoms with van der Waals surface area (Å²) < 4.78 is 49.7. The number of nitrogens with one attached hydrogen (secondary N) is 3. The quantitative estimate of drug-likeness (QED) is 0.402. The first kappa shape index (κ1) is 24.9. The van der Waals surface area contributed by atoms with Crippen molar-refractivity contribution >= 4 is 17.7 Å². The van der Waals surface area contributed by atoms with Gasteiger partial charge in [-0.25, -0.2) is 19.0 Å². The summed E-state index contributed by atoms with van der Waals surface area (Å²) in [6.45, 7) is 1.68. The van der Waals surface area contributed by atoms with E-state index in [1.54, 1.807) is 30.6 Å². The number of hydrogen-bond donors (Lipinski definition) is 4. The van der Waals surface area contributed by atoms with Crippen LogP contribution < -0.4 is 21.5 Å². The Kier molecular flexibility index (Phi) is 6.54. The second-order valence-corrected chi connectivity index (χ2v) is 8.21. The molecular formula is C22H20F4N6O4. The number of imidazole rings is 1. The van der Waals surface area contributed by atoms with Crippen LogP contribution in [-0.4, -0.2) is 50.5 Å². The summed E-state index contributed by atoms with van der Waals surface area (Å²) in [6, 6.07) is 8.20. The first-order valence-electron chi connectivity index (χ1n) is 10.6. The molecule has 4 heterocycles. The van der Waals surface area contributed by atoms with Crippen LogP contribution in [0.1, 0.15) is 18.3 Å². The summed E-state index contributed by atoms with van der Waals surface area (Å²) in [6.07, 6.45) is 0.879. The Labute approximate surface area is 200 Å². The maximum Gasteiger partial charge on any atom is 0.490 e. The zero-order valence-corrected chi connectivity index (χ0v) is 18.4. The van der Waals surface area contributed by atoms with Gasteiger partial charge in [-0.2, -0.15) is 13.2 Å². The second-order valence-electron chi connectivity index (χ2n) is 8.21. The van der Waals surface area contributed by atoms with E-state index in [0.717, 1.165) is 25.3 Å². The highest BCUT2D eigenvalue weighted by Gasteiger charge is 2.48. The number of anilines is 1. The van der Waals surface area contributed by atoms with Gasteiger partial charge >= 0.3 is 18.2 Å². The Morgan fingerprint density at radius 1 is 1.17 bits per heavy atom. The Bertz CT molecular complexity index is 1350. The fourth-order valence-electron chi connectivity index (χ4n) is 4.10. The monoisotopic (exact) mass is 508 g/mol. The van der Waals surface area contributed by atoms with E-state index in [-0.39, 0.29) is 22.8 Å². The molecule has 3 aromatic rings. The number of rotatable bonds is 3. The number of carbonyl (C=O) groups excluding carboxylic acids is 1. The Morgan fingerprint density at radius 3 is 2.47 bits per heavy atom. The van der Waals surface area contributed by atoms with Crippen molar-refractivity contribution in [3.05, 3.63) is 77.0 Å². The van der Waals surface area contributed by atoms with Gasteiger partial charge in [0.15, 0.2) is 0 Å². The molecule has 36 heavy (non-hydrogen) atoms. The molecule has 1 aromatic carbocycles. The van der Waals surface area contributed by atoms with E-state index in [1.165, 1.54) is 22.8 Å². The minimum Gasteiger partial charge on any atom is -0.475 e. The van der Waals surface area contributed by atoms with Crippen LogP contribution in [0.15, 0.2) is 59.8 Å². The smallest absolute Gasteiger partial charge is 0.475 e. The molecule has 1 fully saturated rings. The molecule has 14 heteroatoms. The van der Waals surface area contributed by atoms with Gasteiger partial charge in [0.05, 0.1) is 23.0 Å². The van der Waals surface area contributed by atoms with Crippen molar-refractivity contribution in [3.63, 3.8) is 0 Å². The minimum absolute atomic E-state index is 0.0385. The Hall–Kier alpha value is -4.20. The molecule has 1 atom stereocenters. The van der Waals surface area contributed by atoms with Gasteiger partial charge in [-0.05, 0) is 18.2 Å². The van der Waals surface area contributed by atoms with Crippen LogP contribution >= 0.6 is 0 Å². The number of aliphatic carboxylic acids is 1. The number of benzene rings is 1. The molecule has 190 valence electrons. The number of fused-ring (bicyclic) bond motifs is 2. The maximum absolute atomic E-state index is 14.5. The first-order valence-corrected chi connectivity index (χ1v) is 10.6. The Morgan fingerprint density at radius 2 is 1.89 bits per heavy atom. The van der Waals surface area contributed by atoms with Gasteiger partial charge in [0.1, 0.15) is 11.6 Å². The number of carboxylic acids is 1. The van der Waals surface area contributed by atoms with E-state index in [2.05, 4.69) is 25.5 Å². The molecule has 0 radical (unpaired) electrons. The number of hydrogen-bond acceptors (Lipinski definition) is 5. The van der Waals surface area contributed by atoms with Crippen LogP contribution in [0.25, 0.3) is 5.69 Å². The third kappa shape index (κ3) is 4.93. The second kappa shape index (κ2) is 9.45. The first-order chi connectivity index (χ1) is 17.0. The highest BCUT2D eigenvalue weighted by atomic mass is 19.4. The van der Waals surface area contributed by atoms with Gasteiger partial charge in [0.2, 0.25) is 0 Å². The van der Waals surface area contributed by atoms with Gasteiger partial charge in [-0.15, -0.1) is 0 Å². The number of nitrogens with zero attached hydrogens (tertiary/aromatic N) is 3. The number of carbonyl (C=O) groups is 2. The SMILES string of the molecule is O=C(Nc1ccc(-n2ccccc2=O)cc1F)NC1CC2(CNC2)n2ccnc21.O=C(O)C(F)(F)F. The molecule has 0 bridgehead atoms. The van der Waals surface area contributed by atoms with Crippen LogP contribution in [0.4, 0.5) is 28.0 Å². The molecule has 10 nitrogen and oxygen atoms in total. The molecule has 2 aromatic heterocycles. The highest BCUT2D eigenvalue weighted by Crippen LogP contribution is 2.40.